The summed E-state index contributed by atoms with van der Waals surface area (Å²) in [5, 5.41) is 3.01. The monoisotopic (exact) mass is 298 g/mol. The summed E-state index contributed by atoms with van der Waals surface area (Å²) in [6.07, 6.45) is 2.22. The van der Waals surface area contributed by atoms with Gasteiger partial charge >= 0.3 is 0 Å². The quantitative estimate of drug-likeness (QED) is 0.800. The predicted molar refractivity (Wildman–Crippen MR) is 78.3 cm³/mol. The third-order valence-electron chi connectivity index (χ3n) is 3.60. The van der Waals surface area contributed by atoms with E-state index in [-0.39, 0.29) is 10.9 Å². The SMILES string of the molecule is CNCc1cc(S(=O)(=O)NC(C)C2CC2)ccc1OC. The number of benzene rings is 1. The number of hydrogen-bond donors (Lipinski definition) is 2. The van der Waals surface area contributed by atoms with Gasteiger partial charge in [-0.15, -0.1) is 0 Å². The number of methoxy groups -OCH3 is 1. The van der Waals surface area contributed by atoms with Crippen LogP contribution in [0.15, 0.2) is 23.1 Å². The fourth-order valence-corrected chi connectivity index (χ4v) is 3.62. The van der Waals surface area contributed by atoms with Gasteiger partial charge in [0.05, 0.1) is 12.0 Å². The molecule has 0 radical (unpaired) electrons. The maximum absolute atomic E-state index is 12.4. The lowest BCUT2D eigenvalue weighted by molar-refractivity contribution is 0.408. The average Bonchev–Trinajstić information content (AvgIpc) is 3.22. The van der Waals surface area contributed by atoms with Crippen molar-refractivity contribution in [3.63, 3.8) is 0 Å². The van der Waals surface area contributed by atoms with Crippen LogP contribution >= 0.6 is 0 Å². The van der Waals surface area contributed by atoms with E-state index in [0.717, 1.165) is 18.4 Å². The van der Waals surface area contributed by atoms with Gasteiger partial charge in [0.1, 0.15) is 5.75 Å². The molecule has 1 aromatic carbocycles. The van der Waals surface area contributed by atoms with Crippen molar-refractivity contribution in [2.45, 2.75) is 37.2 Å². The molecule has 1 atom stereocenters. The maximum atomic E-state index is 12.4. The summed E-state index contributed by atoms with van der Waals surface area (Å²) < 4.78 is 32.7. The average molecular weight is 298 g/mol. The highest BCUT2D eigenvalue weighted by Crippen LogP contribution is 2.33. The molecule has 1 aliphatic rings. The molecule has 1 fully saturated rings. The molecule has 0 aliphatic heterocycles. The minimum atomic E-state index is -3.46. The molecule has 20 heavy (non-hydrogen) atoms. The van der Waals surface area contributed by atoms with Crippen LogP contribution in [0.3, 0.4) is 0 Å². The Balaban J connectivity index is 2.23. The van der Waals surface area contributed by atoms with Crippen molar-refractivity contribution in [1.82, 2.24) is 10.0 Å². The summed E-state index contributed by atoms with van der Waals surface area (Å²) in [7, 11) is -0.0707. The third-order valence-corrected chi connectivity index (χ3v) is 5.16. The molecule has 2 rings (SSSR count). The van der Waals surface area contributed by atoms with Crippen LogP contribution in [0.2, 0.25) is 0 Å². The Labute approximate surface area is 120 Å². The minimum absolute atomic E-state index is 0.00477. The van der Waals surface area contributed by atoms with E-state index in [0.29, 0.717) is 18.2 Å². The summed E-state index contributed by atoms with van der Waals surface area (Å²) in [5.41, 5.74) is 0.831. The molecule has 1 unspecified atom stereocenters. The van der Waals surface area contributed by atoms with Gasteiger partial charge in [-0.05, 0) is 50.9 Å². The lowest BCUT2D eigenvalue weighted by Crippen LogP contribution is -2.34. The van der Waals surface area contributed by atoms with E-state index in [1.807, 2.05) is 14.0 Å². The molecular formula is C14H22N2O3S. The Kier molecular flexibility index (Phi) is 4.67. The van der Waals surface area contributed by atoms with E-state index < -0.39 is 10.0 Å². The number of rotatable bonds is 7. The summed E-state index contributed by atoms with van der Waals surface area (Å²) >= 11 is 0. The van der Waals surface area contributed by atoms with E-state index in [1.165, 1.54) is 0 Å². The summed E-state index contributed by atoms with van der Waals surface area (Å²) in [4.78, 5) is 0.288. The van der Waals surface area contributed by atoms with Crippen LogP contribution in [0.5, 0.6) is 5.75 Å². The fourth-order valence-electron chi connectivity index (χ4n) is 2.26. The molecule has 0 aromatic heterocycles. The highest BCUT2D eigenvalue weighted by Gasteiger charge is 2.31. The van der Waals surface area contributed by atoms with Crippen molar-refractivity contribution >= 4 is 10.0 Å². The molecule has 0 spiro atoms. The van der Waals surface area contributed by atoms with Crippen molar-refractivity contribution < 1.29 is 13.2 Å². The Morgan fingerprint density at radius 3 is 2.65 bits per heavy atom. The largest absolute Gasteiger partial charge is 0.496 e. The van der Waals surface area contributed by atoms with Gasteiger partial charge in [0.25, 0.3) is 0 Å². The molecule has 1 aromatic rings. The smallest absolute Gasteiger partial charge is 0.240 e. The van der Waals surface area contributed by atoms with Crippen LogP contribution in [0.4, 0.5) is 0 Å². The summed E-state index contributed by atoms with van der Waals surface area (Å²) in [6.45, 7) is 2.48. The van der Waals surface area contributed by atoms with Gasteiger partial charge in [0.2, 0.25) is 10.0 Å². The van der Waals surface area contributed by atoms with E-state index in [9.17, 15) is 8.42 Å². The lowest BCUT2D eigenvalue weighted by atomic mass is 10.2. The molecule has 6 heteroatoms. The molecule has 112 valence electrons. The molecule has 1 aliphatic carbocycles. The first-order valence-electron chi connectivity index (χ1n) is 6.81. The number of sulfonamides is 1. The van der Waals surface area contributed by atoms with Crippen LogP contribution in [0.1, 0.15) is 25.3 Å². The molecule has 0 saturated heterocycles. The molecular weight excluding hydrogens is 276 g/mol. The second-order valence-electron chi connectivity index (χ2n) is 5.25. The summed E-state index contributed by atoms with van der Waals surface area (Å²) in [5.74, 6) is 1.17. The standard InChI is InChI=1S/C14H22N2O3S/c1-10(11-4-5-11)16-20(17,18)13-6-7-14(19-3)12(8-13)9-15-2/h6-8,10-11,15-16H,4-5,9H2,1-3H3. The van der Waals surface area contributed by atoms with Crippen LogP contribution in [0.25, 0.3) is 0 Å². The second-order valence-corrected chi connectivity index (χ2v) is 6.97. The topological polar surface area (TPSA) is 67.4 Å². The molecule has 0 amide bonds. The number of ether oxygens (including phenoxy) is 1. The van der Waals surface area contributed by atoms with Crippen molar-refractivity contribution in [2.24, 2.45) is 5.92 Å². The van der Waals surface area contributed by atoms with Gasteiger partial charge < -0.3 is 10.1 Å². The van der Waals surface area contributed by atoms with E-state index in [1.54, 1.807) is 25.3 Å². The second kappa shape index (κ2) is 6.11. The normalized spacial score (nSPS) is 16.9. The first-order chi connectivity index (χ1) is 9.47. The Bertz CT molecular complexity index is 568. The van der Waals surface area contributed by atoms with Crippen LogP contribution in [-0.2, 0) is 16.6 Å². The van der Waals surface area contributed by atoms with Gasteiger partial charge in [-0.2, -0.15) is 0 Å². The Hall–Kier alpha value is -1.11. The van der Waals surface area contributed by atoms with E-state index in [2.05, 4.69) is 10.0 Å². The third kappa shape index (κ3) is 3.50. The van der Waals surface area contributed by atoms with Gasteiger partial charge in [0.15, 0.2) is 0 Å². The van der Waals surface area contributed by atoms with Crippen LogP contribution in [-0.4, -0.2) is 28.6 Å². The van der Waals surface area contributed by atoms with Gasteiger partial charge in [-0.3, -0.25) is 0 Å². The highest BCUT2D eigenvalue weighted by atomic mass is 32.2. The van der Waals surface area contributed by atoms with Gasteiger partial charge in [0, 0.05) is 18.2 Å². The van der Waals surface area contributed by atoms with E-state index in [4.69, 9.17) is 4.74 Å². The highest BCUT2D eigenvalue weighted by molar-refractivity contribution is 7.89. The summed E-state index contributed by atoms with van der Waals surface area (Å²) in [6, 6.07) is 4.94. The van der Waals surface area contributed by atoms with Crippen LogP contribution in [0, 0.1) is 5.92 Å². The first kappa shape index (κ1) is 15.3. The maximum Gasteiger partial charge on any atom is 0.240 e. The van der Waals surface area contributed by atoms with Gasteiger partial charge in [-0.1, -0.05) is 0 Å². The number of nitrogens with one attached hydrogen (secondary N) is 2. The fraction of sp³-hybridized carbons (Fsp3) is 0.571. The number of hydrogen-bond acceptors (Lipinski definition) is 4. The molecule has 5 nitrogen and oxygen atoms in total. The molecule has 2 N–H and O–H groups in total. The minimum Gasteiger partial charge on any atom is -0.496 e. The molecule has 1 saturated carbocycles. The zero-order chi connectivity index (χ0) is 14.8. The Morgan fingerprint density at radius 2 is 2.10 bits per heavy atom. The van der Waals surface area contributed by atoms with Gasteiger partial charge in [-0.25, -0.2) is 13.1 Å². The predicted octanol–water partition coefficient (Wildman–Crippen LogP) is 1.49. The van der Waals surface area contributed by atoms with Crippen molar-refractivity contribution in [3.05, 3.63) is 23.8 Å². The molecule has 0 bridgehead atoms. The van der Waals surface area contributed by atoms with Crippen molar-refractivity contribution in [3.8, 4) is 5.75 Å². The molecule has 0 heterocycles. The zero-order valence-electron chi connectivity index (χ0n) is 12.1. The Morgan fingerprint density at radius 1 is 1.40 bits per heavy atom. The zero-order valence-corrected chi connectivity index (χ0v) is 13.0. The van der Waals surface area contributed by atoms with Crippen molar-refractivity contribution in [1.29, 1.82) is 0 Å². The lowest BCUT2D eigenvalue weighted by Gasteiger charge is -2.15. The van der Waals surface area contributed by atoms with E-state index >= 15 is 0 Å². The van der Waals surface area contributed by atoms with Crippen molar-refractivity contribution in [2.75, 3.05) is 14.2 Å². The van der Waals surface area contributed by atoms with Crippen LogP contribution < -0.4 is 14.8 Å². The first-order valence-corrected chi connectivity index (χ1v) is 8.30.